The third-order valence-electron chi connectivity index (χ3n) is 7.45. The molecule has 4 aliphatic carbocycles. The van der Waals surface area contributed by atoms with E-state index >= 15 is 0 Å². The number of hydrogen-bond acceptors (Lipinski definition) is 6. The summed E-state index contributed by atoms with van der Waals surface area (Å²) >= 11 is 0. The quantitative estimate of drug-likeness (QED) is 0.368. The number of carbonyl (C=O) groups excluding carboxylic acids is 3. The largest absolute Gasteiger partial charge is 0.496 e. The van der Waals surface area contributed by atoms with Crippen molar-refractivity contribution in [3.63, 3.8) is 0 Å². The third kappa shape index (κ3) is 3.22. The Morgan fingerprint density at radius 1 is 0.784 bits per heavy atom. The van der Waals surface area contributed by atoms with Crippen LogP contribution in [0, 0.1) is 0 Å². The minimum Gasteiger partial charge on any atom is -0.496 e. The number of esters is 1. The molecule has 2 atom stereocenters. The standard InChI is InChI=1S/C31H24O6/c1-4-37-31(34)17-11-9-16(10-12-17)20-15-21(32)26-24-18-7-5-6-8-19(18)25(29(26)30(20)33)28-23(36-3)14-13-22(35-2)27(24)28/h5-15,24-25H,4H2,1-3H3/t24-,25-/m0/s1. The van der Waals surface area contributed by atoms with Crippen LogP contribution in [0.15, 0.2) is 77.9 Å². The number of ether oxygens (including phenoxy) is 3. The second kappa shape index (κ2) is 8.59. The van der Waals surface area contributed by atoms with Gasteiger partial charge < -0.3 is 14.2 Å². The molecule has 0 amide bonds. The first-order valence-electron chi connectivity index (χ1n) is 12.2. The van der Waals surface area contributed by atoms with E-state index in [9.17, 15) is 14.4 Å². The van der Waals surface area contributed by atoms with Crippen LogP contribution < -0.4 is 9.47 Å². The van der Waals surface area contributed by atoms with Crippen molar-refractivity contribution in [3.05, 3.63) is 111 Å². The monoisotopic (exact) mass is 492 g/mol. The molecule has 3 aromatic rings. The Bertz CT molecular complexity index is 1560. The first kappa shape index (κ1) is 23.0. The Hall–Kier alpha value is -4.45. The summed E-state index contributed by atoms with van der Waals surface area (Å²) in [5.41, 5.74) is 5.99. The van der Waals surface area contributed by atoms with E-state index in [-0.39, 0.29) is 18.2 Å². The number of hydrogen-bond donors (Lipinski definition) is 0. The Morgan fingerprint density at radius 2 is 1.35 bits per heavy atom. The lowest BCUT2D eigenvalue weighted by Gasteiger charge is -2.44. The van der Waals surface area contributed by atoms with E-state index in [1.807, 2.05) is 36.4 Å². The molecular formula is C31H24O6. The summed E-state index contributed by atoms with van der Waals surface area (Å²) in [6, 6.07) is 18.2. The summed E-state index contributed by atoms with van der Waals surface area (Å²) < 4.78 is 16.5. The Labute approximate surface area is 214 Å². The molecule has 0 N–H and O–H groups in total. The molecular weight excluding hydrogens is 468 g/mol. The van der Waals surface area contributed by atoms with Gasteiger partial charge in [0.05, 0.1) is 26.4 Å². The van der Waals surface area contributed by atoms with Crippen LogP contribution in [0.1, 0.15) is 56.9 Å². The predicted octanol–water partition coefficient (Wildman–Crippen LogP) is 5.00. The van der Waals surface area contributed by atoms with Crippen LogP contribution in [0.3, 0.4) is 0 Å². The van der Waals surface area contributed by atoms with Crippen molar-refractivity contribution in [3.8, 4) is 11.5 Å². The van der Waals surface area contributed by atoms with Gasteiger partial charge in [0.2, 0.25) is 0 Å². The van der Waals surface area contributed by atoms with Gasteiger partial charge in [-0.15, -0.1) is 0 Å². The molecule has 0 fully saturated rings. The van der Waals surface area contributed by atoms with Gasteiger partial charge in [0.15, 0.2) is 11.6 Å². The van der Waals surface area contributed by atoms with Crippen molar-refractivity contribution in [1.82, 2.24) is 0 Å². The van der Waals surface area contributed by atoms with Crippen LogP contribution in [0.5, 0.6) is 11.5 Å². The summed E-state index contributed by atoms with van der Waals surface area (Å²) in [4.78, 5) is 40.0. The van der Waals surface area contributed by atoms with E-state index in [4.69, 9.17) is 14.2 Å². The molecule has 0 saturated heterocycles. The molecule has 0 unspecified atom stereocenters. The highest BCUT2D eigenvalue weighted by atomic mass is 16.5. The lowest BCUT2D eigenvalue weighted by Crippen LogP contribution is -2.36. The minimum atomic E-state index is -0.463. The topological polar surface area (TPSA) is 78.9 Å². The van der Waals surface area contributed by atoms with Crippen molar-refractivity contribution in [2.45, 2.75) is 18.8 Å². The maximum absolute atomic E-state index is 14.1. The van der Waals surface area contributed by atoms with Crippen LogP contribution in [-0.2, 0) is 14.3 Å². The van der Waals surface area contributed by atoms with E-state index in [0.29, 0.717) is 39.3 Å². The fraction of sp³-hybridized carbons (Fsp3) is 0.194. The molecule has 0 heterocycles. The normalized spacial score (nSPS) is 19.1. The molecule has 0 aromatic heterocycles. The maximum atomic E-state index is 14.1. The molecule has 7 rings (SSSR count). The van der Waals surface area contributed by atoms with Crippen molar-refractivity contribution >= 4 is 23.1 Å². The van der Waals surface area contributed by atoms with Crippen LogP contribution in [0.2, 0.25) is 0 Å². The van der Waals surface area contributed by atoms with Crippen molar-refractivity contribution < 1.29 is 28.6 Å². The zero-order chi connectivity index (χ0) is 25.8. The van der Waals surface area contributed by atoms with E-state index in [1.165, 1.54) is 6.08 Å². The van der Waals surface area contributed by atoms with Crippen molar-refractivity contribution in [2.75, 3.05) is 20.8 Å². The number of ketones is 2. The van der Waals surface area contributed by atoms with E-state index in [1.54, 1.807) is 45.4 Å². The van der Waals surface area contributed by atoms with Gasteiger partial charge in [0.25, 0.3) is 0 Å². The molecule has 0 spiro atoms. The van der Waals surface area contributed by atoms with Gasteiger partial charge in [-0.05, 0) is 54.0 Å². The number of allylic oxidation sites excluding steroid dienone is 4. The van der Waals surface area contributed by atoms with Crippen LogP contribution >= 0.6 is 0 Å². The fourth-order valence-corrected chi connectivity index (χ4v) is 5.97. The molecule has 4 aliphatic rings. The van der Waals surface area contributed by atoms with Gasteiger partial charge in [-0.25, -0.2) is 4.79 Å². The highest BCUT2D eigenvalue weighted by Gasteiger charge is 2.51. The SMILES string of the molecule is CCOC(=O)c1ccc(C2=CC(=O)C3=C(C2=O)[C@H]2c4ccccc4[C@@H]3c3c(OC)ccc(OC)c32)cc1. The molecule has 6 nitrogen and oxygen atoms in total. The molecule has 0 aliphatic heterocycles. The third-order valence-corrected chi connectivity index (χ3v) is 7.45. The second-order valence-corrected chi connectivity index (χ2v) is 9.17. The van der Waals surface area contributed by atoms with Gasteiger partial charge >= 0.3 is 5.97 Å². The number of Topliss-reactive ketones (excluding diaryl/α,β-unsaturated/α-hetero) is 1. The van der Waals surface area contributed by atoms with Crippen LogP contribution in [-0.4, -0.2) is 38.4 Å². The maximum Gasteiger partial charge on any atom is 0.338 e. The Balaban J connectivity index is 1.52. The molecule has 0 saturated carbocycles. The molecule has 3 aromatic carbocycles. The van der Waals surface area contributed by atoms with Crippen molar-refractivity contribution in [2.24, 2.45) is 0 Å². The van der Waals surface area contributed by atoms with Crippen LogP contribution in [0.25, 0.3) is 5.57 Å². The lowest BCUT2D eigenvalue weighted by atomic mass is 9.57. The minimum absolute atomic E-state index is 0.195. The van der Waals surface area contributed by atoms with Gasteiger partial charge in [-0.3, -0.25) is 9.59 Å². The van der Waals surface area contributed by atoms with Crippen LogP contribution in [0.4, 0.5) is 0 Å². The summed E-state index contributed by atoms with van der Waals surface area (Å²) in [5.74, 6) is -0.402. The van der Waals surface area contributed by atoms with Gasteiger partial charge in [-0.1, -0.05) is 36.4 Å². The second-order valence-electron chi connectivity index (χ2n) is 9.17. The van der Waals surface area contributed by atoms with E-state index < -0.39 is 17.8 Å². The highest BCUT2D eigenvalue weighted by Crippen LogP contribution is 2.61. The van der Waals surface area contributed by atoms with Gasteiger partial charge in [0, 0.05) is 39.7 Å². The summed E-state index contributed by atoms with van der Waals surface area (Å²) in [7, 11) is 3.22. The molecule has 37 heavy (non-hydrogen) atoms. The van der Waals surface area contributed by atoms with Crippen molar-refractivity contribution in [1.29, 1.82) is 0 Å². The molecule has 6 heteroatoms. The average molecular weight is 493 g/mol. The summed E-state index contributed by atoms with van der Waals surface area (Å²) in [5, 5.41) is 0. The Kier molecular flexibility index (Phi) is 5.33. The number of rotatable bonds is 5. The molecule has 184 valence electrons. The zero-order valence-electron chi connectivity index (χ0n) is 20.7. The number of methoxy groups -OCH3 is 2. The van der Waals surface area contributed by atoms with Gasteiger partial charge in [-0.2, -0.15) is 0 Å². The lowest BCUT2D eigenvalue weighted by molar-refractivity contribution is -0.115. The Morgan fingerprint density at radius 3 is 1.89 bits per heavy atom. The molecule has 0 radical (unpaired) electrons. The van der Waals surface area contributed by atoms with Gasteiger partial charge in [0.1, 0.15) is 11.5 Å². The first-order valence-corrected chi connectivity index (χ1v) is 12.2. The predicted molar refractivity (Wildman–Crippen MR) is 137 cm³/mol. The molecule has 2 bridgehead atoms. The summed E-state index contributed by atoms with van der Waals surface area (Å²) in [6.07, 6.45) is 1.43. The highest BCUT2D eigenvalue weighted by molar-refractivity contribution is 6.39. The average Bonchev–Trinajstić information content (AvgIpc) is 2.94. The summed E-state index contributed by atoms with van der Waals surface area (Å²) in [6.45, 7) is 2.02. The smallest absolute Gasteiger partial charge is 0.338 e. The first-order chi connectivity index (χ1) is 18.0. The van der Waals surface area contributed by atoms with E-state index in [2.05, 4.69) is 0 Å². The number of carbonyl (C=O) groups is 3. The number of benzene rings is 3. The van der Waals surface area contributed by atoms with E-state index in [0.717, 1.165) is 22.3 Å². The fourth-order valence-electron chi connectivity index (χ4n) is 5.97. The zero-order valence-corrected chi connectivity index (χ0v) is 20.7.